The fourth-order valence-electron chi connectivity index (χ4n) is 2.31. The van der Waals surface area contributed by atoms with Crippen LogP contribution in [0.2, 0.25) is 10.0 Å². The zero-order valence-corrected chi connectivity index (χ0v) is 19.3. The zero-order valence-electron chi connectivity index (χ0n) is 15.4. The van der Waals surface area contributed by atoms with E-state index in [1.165, 1.54) is 0 Å². The van der Waals surface area contributed by atoms with Gasteiger partial charge < -0.3 is 19.9 Å². The average Bonchev–Trinajstić information content (AvgIpc) is 3.09. The molecule has 0 amide bonds. The van der Waals surface area contributed by atoms with Gasteiger partial charge in [0.25, 0.3) is 0 Å². The summed E-state index contributed by atoms with van der Waals surface area (Å²) in [6, 6.07) is 5.20. The Morgan fingerprint density at radius 1 is 1.26 bits per heavy atom. The van der Waals surface area contributed by atoms with Crippen LogP contribution in [0, 0.1) is 0 Å². The third kappa shape index (κ3) is 8.10. The topological polar surface area (TPSA) is 76.4 Å². The molecule has 0 radical (unpaired) electrons. The predicted molar refractivity (Wildman–Crippen MR) is 121 cm³/mol. The summed E-state index contributed by atoms with van der Waals surface area (Å²) in [6.07, 6.45) is 3.42. The summed E-state index contributed by atoms with van der Waals surface area (Å²) in [7, 11) is 1.75. The van der Waals surface area contributed by atoms with Crippen LogP contribution in [0.4, 0.5) is 0 Å². The third-order valence-electron chi connectivity index (χ3n) is 3.65. The van der Waals surface area contributed by atoms with Crippen LogP contribution in [-0.2, 0) is 13.0 Å². The van der Waals surface area contributed by atoms with Crippen LogP contribution < -0.4 is 15.4 Å². The van der Waals surface area contributed by atoms with E-state index in [-0.39, 0.29) is 24.0 Å². The van der Waals surface area contributed by atoms with Crippen LogP contribution in [0.5, 0.6) is 5.75 Å². The quantitative estimate of drug-likeness (QED) is 0.227. The Kier molecular flexibility index (Phi) is 11.5. The summed E-state index contributed by atoms with van der Waals surface area (Å²) in [4.78, 5) is 4.21. The number of ether oxygens (including phenoxy) is 1. The molecule has 2 aromatic rings. The van der Waals surface area contributed by atoms with Crippen molar-refractivity contribution < 1.29 is 4.74 Å². The molecule has 0 aliphatic heterocycles. The predicted octanol–water partition coefficient (Wildman–Crippen LogP) is 3.40. The van der Waals surface area contributed by atoms with Gasteiger partial charge >= 0.3 is 0 Å². The number of nitrogens with zero attached hydrogens (tertiary/aromatic N) is 4. The number of hydrogen-bond acceptors (Lipinski definition) is 4. The van der Waals surface area contributed by atoms with Gasteiger partial charge in [0.1, 0.15) is 17.9 Å². The summed E-state index contributed by atoms with van der Waals surface area (Å²) in [5, 5.41) is 15.6. The molecule has 0 bridgehead atoms. The largest absolute Gasteiger partial charge is 0.492 e. The number of rotatable bonds is 9. The van der Waals surface area contributed by atoms with Crippen molar-refractivity contribution in [1.29, 1.82) is 0 Å². The van der Waals surface area contributed by atoms with Crippen molar-refractivity contribution in [3.63, 3.8) is 0 Å². The van der Waals surface area contributed by atoms with E-state index < -0.39 is 0 Å². The number of aromatic nitrogens is 3. The highest BCUT2D eigenvalue weighted by atomic mass is 127. The van der Waals surface area contributed by atoms with Crippen LogP contribution in [0.3, 0.4) is 0 Å². The fraction of sp³-hybridized carbons (Fsp3) is 0.471. The van der Waals surface area contributed by atoms with Gasteiger partial charge in [0, 0.05) is 38.1 Å². The SMILES string of the molecule is CCc1nncn1CCNC(=NC)NCCCOc1ccc(Cl)cc1Cl.I. The maximum atomic E-state index is 6.07. The second-order valence-electron chi connectivity index (χ2n) is 5.50. The first-order valence-electron chi connectivity index (χ1n) is 8.53. The Hall–Kier alpha value is -1.26. The van der Waals surface area contributed by atoms with Gasteiger partial charge in [-0.25, -0.2) is 0 Å². The summed E-state index contributed by atoms with van der Waals surface area (Å²) in [5.41, 5.74) is 0. The Labute approximate surface area is 186 Å². The van der Waals surface area contributed by atoms with Crippen LogP contribution in [0.15, 0.2) is 29.5 Å². The Balaban J connectivity index is 0.00000364. The van der Waals surface area contributed by atoms with E-state index in [0.717, 1.165) is 44.3 Å². The summed E-state index contributed by atoms with van der Waals surface area (Å²) in [5.74, 6) is 2.37. The van der Waals surface area contributed by atoms with Gasteiger partial charge in [0.05, 0.1) is 11.6 Å². The molecule has 1 aromatic heterocycles. The van der Waals surface area contributed by atoms with Crippen molar-refractivity contribution in [1.82, 2.24) is 25.4 Å². The highest BCUT2D eigenvalue weighted by Gasteiger charge is 2.04. The minimum absolute atomic E-state index is 0. The number of guanidine groups is 1. The fourth-order valence-corrected chi connectivity index (χ4v) is 2.77. The summed E-state index contributed by atoms with van der Waals surface area (Å²) < 4.78 is 7.69. The molecule has 0 unspecified atom stereocenters. The molecular formula is C17H25Cl2IN6O. The number of hydrogen-bond donors (Lipinski definition) is 2. The second-order valence-corrected chi connectivity index (χ2v) is 6.34. The van der Waals surface area contributed by atoms with Gasteiger partial charge in [-0.2, -0.15) is 0 Å². The number of nitrogens with one attached hydrogen (secondary N) is 2. The number of benzene rings is 1. The smallest absolute Gasteiger partial charge is 0.191 e. The molecule has 0 saturated carbocycles. The van der Waals surface area contributed by atoms with Crippen molar-refractivity contribution >= 4 is 53.1 Å². The number of aliphatic imine (C=N–C) groups is 1. The molecule has 150 valence electrons. The normalized spacial score (nSPS) is 11.0. The van der Waals surface area contributed by atoms with E-state index in [2.05, 4.69) is 32.7 Å². The van der Waals surface area contributed by atoms with Gasteiger partial charge in [-0.15, -0.1) is 34.2 Å². The van der Waals surface area contributed by atoms with Crippen molar-refractivity contribution in [3.05, 3.63) is 40.4 Å². The average molecular weight is 527 g/mol. The monoisotopic (exact) mass is 526 g/mol. The first-order valence-corrected chi connectivity index (χ1v) is 9.28. The van der Waals surface area contributed by atoms with E-state index >= 15 is 0 Å². The van der Waals surface area contributed by atoms with Gasteiger partial charge in [-0.1, -0.05) is 30.1 Å². The maximum Gasteiger partial charge on any atom is 0.191 e. The second kappa shape index (κ2) is 13.0. The lowest BCUT2D eigenvalue weighted by Crippen LogP contribution is -2.39. The first-order chi connectivity index (χ1) is 12.6. The molecule has 0 spiro atoms. The van der Waals surface area contributed by atoms with Gasteiger partial charge in [0.2, 0.25) is 0 Å². The molecule has 10 heteroatoms. The van der Waals surface area contributed by atoms with Crippen molar-refractivity contribution in [2.45, 2.75) is 26.3 Å². The van der Waals surface area contributed by atoms with Gasteiger partial charge in [-0.05, 0) is 24.6 Å². The molecule has 0 atom stereocenters. The molecule has 1 aromatic carbocycles. The number of halogens is 3. The molecule has 0 saturated heterocycles. The minimum atomic E-state index is 0. The molecule has 0 fully saturated rings. The first kappa shape index (κ1) is 23.8. The lowest BCUT2D eigenvalue weighted by Gasteiger charge is -2.13. The Morgan fingerprint density at radius 3 is 2.74 bits per heavy atom. The zero-order chi connectivity index (χ0) is 18.8. The highest BCUT2D eigenvalue weighted by Crippen LogP contribution is 2.27. The molecule has 2 rings (SSSR count). The molecule has 1 heterocycles. The standard InChI is InChI=1S/C17H24Cl2N6O.HI/c1-3-16-24-23-12-25(16)9-8-22-17(20-2)21-7-4-10-26-15-6-5-13(18)11-14(15)19;/h5-6,11-12H,3-4,7-10H2,1-2H3,(H2,20,21,22);1H. The van der Waals surface area contributed by atoms with E-state index in [9.17, 15) is 0 Å². The van der Waals surface area contributed by atoms with Crippen LogP contribution in [0.25, 0.3) is 0 Å². The number of aryl methyl sites for hydroxylation is 1. The van der Waals surface area contributed by atoms with Crippen LogP contribution >= 0.6 is 47.2 Å². The molecule has 27 heavy (non-hydrogen) atoms. The molecule has 0 aliphatic rings. The lowest BCUT2D eigenvalue weighted by molar-refractivity contribution is 0.311. The van der Waals surface area contributed by atoms with Crippen LogP contribution in [-0.4, -0.2) is 47.5 Å². The van der Waals surface area contributed by atoms with Crippen LogP contribution in [0.1, 0.15) is 19.2 Å². The Bertz CT molecular complexity index is 725. The van der Waals surface area contributed by atoms with E-state index in [0.29, 0.717) is 22.4 Å². The molecule has 0 aliphatic carbocycles. The van der Waals surface area contributed by atoms with E-state index in [1.807, 2.05) is 4.57 Å². The Morgan fingerprint density at radius 2 is 2.04 bits per heavy atom. The third-order valence-corrected chi connectivity index (χ3v) is 4.18. The maximum absolute atomic E-state index is 6.07. The highest BCUT2D eigenvalue weighted by molar-refractivity contribution is 14.0. The molecule has 2 N–H and O–H groups in total. The molecule has 7 nitrogen and oxygen atoms in total. The van der Waals surface area contributed by atoms with E-state index in [1.54, 1.807) is 31.6 Å². The van der Waals surface area contributed by atoms with Crippen molar-refractivity contribution in [2.75, 3.05) is 26.7 Å². The van der Waals surface area contributed by atoms with Crippen molar-refractivity contribution in [2.24, 2.45) is 4.99 Å². The van der Waals surface area contributed by atoms with Gasteiger partial charge in [-0.3, -0.25) is 4.99 Å². The lowest BCUT2D eigenvalue weighted by atomic mass is 10.3. The van der Waals surface area contributed by atoms with Crippen molar-refractivity contribution in [3.8, 4) is 5.75 Å². The van der Waals surface area contributed by atoms with E-state index in [4.69, 9.17) is 27.9 Å². The summed E-state index contributed by atoms with van der Waals surface area (Å²) >= 11 is 11.9. The minimum Gasteiger partial charge on any atom is -0.492 e. The molecular weight excluding hydrogens is 502 g/mol. The summed E-state index contributed by atoms with van der Waals surface area (Å²) in [6.45, 7) is 4.87. The van der Waals surface area contributed by atoms with Gasteiger partial charge in [0.15, 0.2) is 5.96 Å².